The molecule has 0 saturated heterocycles. The Balaban J connectivity index is 1.58. The molecule has 1 heterocycles. The number of aromatic nitrogens is 2. The molecule has 1 aromatic heterocycles. The average Bonchev–Trinajstić information content (AvgIpc) is 2.95. The fourth-order valence-electron chi connectivity index (χ4n) is 2.89. The maximum absolute atomic E-state index is 12.2. The van der Waals surface area contributed by atoms with Crippen LogP contribution in [0.3, 0.4) is 0 Å². The zero-order valence-electron chi connectivity index (χ0n) is 17.1. The number of carbonyl (C=O) groups is 1. The van der Waals surface area contributed by atoms with Crippen LogP contribution in [-0.4, -0.2) is 22.3 Å². The van der Waals surface area contributed by atoms with Crippen molar-refractivity contribution in [2.75, 3.05) is 11.9 Å². The Morgan fingerprint density at radius 3 is 2.17 bits per heavy atom. The number of rotatable bonds is 7. The molecule has 0 unspecified atom stereocenters. The second-order valence-electron chi connectivity index (χ2n) is 6.56. The van der Waals surface area contributed by atoms with E-state index in [0.717, 1.165) is 28.5 Å². The molecule has 0 aliphatic carbocycles. The van der Waals surface area contributed by atoms with Gasteiger partial charge in [0.15, 0.2) is 0 Å². The summed E-state index contributed by atoms with van der Waals surface area (Å²) >= 11 is 0. The summed E-state index contributed by atoms with van der Waals surface area (Å²) in [6.45, 7) is 6.47. The molecule has 0 fully saturated rings. The van der Waals surface area contributed by atoms with E-state index in [4.69, 9.17) is 9.47 Å². The van der Waals surface area contributed by atoms with E-state index in [1.807, 2.05) is 64.2 Å². The van der Waals surface area contributed by atoms with E-state index in [0.29, 0.717) is 18.0 Å². The monoisotopic (exact) mass is 391 g/mol. The molecule has 2 aromatic carbocycles. The third kappa shape index (κ3) is 5.25. The number of hydrogen-bond acceptors (Lipinski definition) is 4. The Hall–Kier alpha value is -3.54. The summed E-state index contributed by atoms with van der Waals surface area (Å²) in [5.74, 6) is 2.01. The summed E-state index contributed by atoms with van der Waals surface area (Å²) in [6, 6.07) is 14.7. The standard InChI is InChI=1S/C23H25N3O3/c1-5-28-19-10-12-21(13-11-19)29-20-8-6-18(7-9-20)24-23(27)15-14-22-16(2)25-26(4)17(22)3/h6-15H,5H2,1-4H3,(H,24,27)/b15-14+. The Kier molecular flexibility index (Phi) is 6.34. The molecule has 0 aliphatic rings. The lowest BCUT2D eigenvalue weighted by Gasteiger charge is -2.08. The van der Waals surface area contributed by atoms with Crippen molar-refractivity contribution in [3.05, 3.63) is 71.6 Å². The minimum Gasteiger partial charge on any atom is -0.494 e. The molecule has 1 amide bonds. The molecule has 0 radical (unpaired) electrons. The van der Waals surface area contributed by atoms with Gasteiger partial charge in [0.2, 0.25) is 5.91 Å². The van der Waals surface area contributed by atoms with Gasteiger partial charge in [0.1, 0.15) is 17.2 Å². The smallest absolute Gasteiger partial charge is 0.248 e. The number of hydrogen-bond donors (Lipinski definition) is 1. The van der Waals surface area contributed by atoms with Crippen LogP contribution in [0, 0.1) is 13.8 Å². The van der Waals surface area contributed by atoms with Crippen LogP contribution in [-0.2, 0) is 11.8 Å². The molecule has 29 heavy (non-hydrogen) atoms. The van der Waals surface area contributed by atoms with Gasteiger partial charge < -0.3 is 14.8 Å². The van der Waals surface area contributed by atoms with E-state index < -0.39 is 0 Å². The Morgan fingerprint density at radius 2 is 1.62 bits per heavy atom. The van der Waals surface area contributed by atoms with Crippen molar-refractivity contribution in [2.45, 2.75) is 20.8 Å². The van der Waals surface area contributed by atoms with E-state index in [1.54, 1.807) is 22.9 Å². The maximum atomic E-state index is 12.2. The Labute approximate surface area is 170 Å². The number of nitrogens with one attached hydrogen (secondary N) is 1. The summed E-state index contributed by atoms with van der Waals surface area (Å²) in [4.78, 5) is 12.2. The highest BCUT2D eigenvalue weighted by molar-refractivity contribution is 6.02. The van der Waals surface area contributed by atoms with Crippen LogP contribution < -0.4 is 14.8 Å². The van der Waals surface area contributed by atoms with Gasteiger partial charge in [0.05, 0.1) is 12.3 Å². The first kappa shape index (κ1) is 20.2. The number of nitrogens with zero attached hydrogens (tertiary/aromatic N) is 2. The summed E-state index contributed by atoms with van der Waals surface area (Å²) in [6.07, 6.45) is 3.30. The van der Waals surface area contributed by atoms with Crippen LogP contribution in [0.4, 0.5) is 5.69 Å². The predicted octanol–water partition coefficient (Wildman–Crippen LogP) is 4.88. The van der Waals surface area contributed by atoms with Crippen molar-refractivity contribution in [2.24, 2.45) is 7.05 Å². The zero-order valence-corrected chi connectivity index (χ0v) is 17.1. The molecular weight excluding hydrogens is 366 g/mol. The minimum absolute atomic E-state index is 0.201. The van der Waals surface area contributed by atoms with Gasteiger partial charge in [0.25, 0.3) is 0 Å². The van der Waals surface area contributed by atoms with Crippen molar-refractivity contribution in [3.63, 3.8) is 0 Å². The molecule has 1 N–H and O–H groups in total. The van der Waals surface area contributed by atoms with Crippen LogP contribution in [0.5, 0.6) is 17.2 Å². The third-order valence-corrected chi connectivity index (χ3v) is 4.46. The van der Waals surface area contributed by atoms with Crippen LogP contribution in [0.1, 0.15) is 23.9 Å². The number of benzene rings is 2. The lowest BCUT2D eigenvalue weighted by molar-refractivity contribution is -0.111. The number of amides is 1. The highest BCUT2D eigenvalue weighted by Crippen LogP contribution is 2.25. The predicted molar refractivity (Wildman–Crippen MR) is 114 cm³/mol. The number of carbonyl (C=O) groups excluding carboxylic acids is 1. The lowest BCUT2D eigenvalue weighted by atomic mass is 10.2. The molecule has 3 rings (SSSR count). The van der Waals surface area contributed by atoms with Crippen molar-refractivity contribution < 1.29 is 14.3 Å². The van der Waals surface area contributed by atoms with Gasteiger partial charge in [-0.25, -0.2) is 0 Å². The first-order valence-electron chi connectivity index (χ1n) is 9.46. The van der Waals surface area contributed by atoms with Crippen molar-refractivity contribution in [1.29, 1.82) is 0 Å². The molecule has 6 nitrogen and oxygen atoms in total. The minimum atomic E-state index is -0.201. The molecule has 3 aromatic rings. The molecule has 150 valence electrons. The molecule has 0 bridgehead atoms. The molecule has 0 saturated carbocycles. The summed E-state index contributed by atoms with van der Waals surface area (Å²) in [7, 11) is 1.89. The van der Waals surface area contributed by atoms with Crippen molar-refractivity contribution in [3.8, 4) is 17.2 Å². The topological polar surface area (TPSA) is 65.4 Å². The maximum Gasteiger partial charge on any atom is 0.248 e. The zero-order chi connectivity index (χ0) is 20.8. The van der Waals surface area contributed by atoms with E-state index in [2.05, 4.69) is 10.4 Å². The largest absolute Gasteiger partial charge is 0.494 e. The quantitative estimate of drug-likeness (QED) is 0.583. The average molecular weight is 391 g/mol. The SMILES string of the molecule is CCOc1ccc(Oc2ccc(NC(=O)/C=C/c3c(C)nn(C)c3C)cc2)cc1. The van der Waals surface area contributed by atoms with Gasteiger partial charge in [-0.05, 0) is 75.4 Å². The fourth-order valence-corrected chi connectivity index (χ4v) is 2.89. The molecular formula is C23H25N3O3. The molecule has 0 spiro atoms. The first-order chi connectivity index (χ1) is 14.0. The van der Waals surface area contributed by atoms with Crippen LogP contribution in [0.2, 0.25) is 0 Å². The molecule has 0 atom stereocenters. The van der Waals surface area contributed by atoms with Gasteiger partial charge in [-0.15, -0.1) is 0 Å². The van der Waals surface area contributed by atoms with Gasteiger partial charge >= 0.3 is 0 Å². The number of ether oxygens (including phenoxy) is 2. The van der Waals surface area contributed by atoms with Gasteiger partial charge in [-0.3, -0.25) is 9.48 Å². The van der Waals surface area contributed by atoms with Crippen molar-refractivity contribution >= 4 is 17.7 Å². The lowest BCUT2D eigenvalue weighted by Crippen LogP contribution is -2.07. The van der Waals surface area contributed by atoms with E-state index in [1.165, 1.54) is 6.08 Å². The van der Waals surface area contributed by atoms with Crippen LogP contribution >= 0.6 is 0 Å². The fraction of sp³-hybridized carbons (Fsp3) is 0.217. The third-order valence-electron chi connectivity index (χ3n) is 4.46. The van der Waals surface area contributed by atoms with Crippen LogP contribution in [0.15, 0.2) is 54.6 Å². The number of aryl methyl sites for hydroxylation is 2. The Morgan fingerprint density at radius 1 is 1.03 bits per heavy atom. The van der Waals surface area contributed by atoms with E-state index in [9.17, 15) is 4.79 Å². The summed E-state index contributed by atoms with van der Waals surface area (Å²) in [5, 5.41) is 7.19. The van der Waals surface area contributed by atoms with Gasteiger partial charge in [-0.1, -0.05) is 0 Å². The van der Waals surface area contributed by atoms with Crippen molar-refractivity contribution in [1.82, 2.24) is 9.78 Å². The summed E-state index contributed by atoms with van der Waals surface area (Å²) in [5.41, 5.74) is 3.56. The normalized spacial score (nSPS) is 10.9. The second kappa shape index (κ2) is 9.10. The van der Waals surface area contributed by atoms with Gasteiger partial charge in [0, 0.05) is 30.1 Å². The van der Waals surface area contributed by atoms with Gasteiger partial charge in [-0.2, -0.15) is 5.10 Å². The van der Waals surface area contributed by atoms with E-state index >= 15 is 0 Å². The highest BCUT2D eigenvalue weighted by atomic mass is 16.5. The second-order valence-corrected chi connectivity index (χ2v) is 6.56. The number of anilines is 1. The van der Waals surface area contributed by atoms with Crippen LogP contribution in [0.25, 0.3) is 6.08 Å². The highest BCUT2D eigenvalue weighted by Gasteiger charge is 2.07. The summed E-state index contributed by atoms with van der Waals surface area (Å²) < 4.78 is 13.0. The molecule has 6 heteroatoms. The molecule has 0 aliphatic heterocycles. The first-order valence-corrected chi connectivity index (χ1v) is 9.46. The van der Waals surface area contributed by atoms with E-state index in [-0.39, 0.29) is 5.91 Å². The Bertz CT molecular complexity index is 1000.